The second kappa shape index (κ2) is 7.49. The van der Waals surface area contributed by atoms with Crippen LogP contribution in [0.5, 0.6) is 0 Å². The number of hydrogen-bond acceptors (Lipinski definition) is 4. The molecule has 160 valence electrons. The van der Waals surface area contributed by atoms with Crippen molar-refractivity contribution in [2.75, 3.05) is 0 Å². The SMILES string of the molecule is Cc1cc(C)c2c(C)c(C(=O)N(Cc3ccco3)Cc3ccc(C4CC4C)o3)oc2c1. The fraction of sp³-hybridized carbons (Fsp3) is 0.346. The number of carbonyl (C=O) groups excluding carboxylic acids is 1. The van der Waals surface area contributed by atoms with E-state index in [2.05, 4.69) is 19.9 Å². The van der Waals surface area contributed by atoms with Gasteiger partial charge in [-0.1, -0.05) is 13.0 Å². The van der Waals surface area contributed by atoms with Crippen LogP contribution < -0.4 is 0 Å². The second-order valence-electron chi connectivity index (χ2n) is 8.88. The van der Waals surface area contributed by atoms with Gasteiger partial charge in [0.2, 0.25) is 0 Å². The third-order valence-electron chi connectivity index (χ3n) is 6.28. The van der Waals surface area contributed by atoms with E-state index in [9.17, 15) is 4.79 Å². The highest BCUT2D eigenvalue weighted by Gasteiger charge is 2.36. The summed E-state index contributed by atoms with van der Waals surface area (Å²) in [6, 6.07) is 11.8. The number of rotatable bonds is 6. The van der Waals surface area contributed by atoms with E-state index in [1.807, 2.05) is 44.2 Å². The van der Waals surface area contributed by atoms with E-state index in [4.69, 9.17) is 13.3 Å². The molecule has 5 heteroatoms. The number of aryl methyl sites for hydroxylation is 3. The smallest absolute Gasteiger partial charge is 0.290 e. The standard InChI is InChI=1S/C26H27NO4/c1-15-10-17(3)24-18(4)25(31-23(24)11-15)26(28)27(13-19-6-5-9-29-19)14-20-7-8-22(30-20)21-12-16(21)2/h5-11,16,21H,12-14H2,1-4H3. The molecule has 5 rings (SSSR count). The maximum atomic E-state index is 13.6. The summed E-state index contributed by atoms with van der Waals surface area (Å²) < 4.78 is 17.7. The average molecular weight is 418 g/mol. The van der Waals surface area contributed by atoms with Gasteiger partial charge in [-0.3, -0.25) is 4.79 Å². The molecule has 1 aliphatic rings. The van der Waals surface area contributed by atoms with Crippen molar-refractivity contribution in [1.82, 2.24) is 4.90 Å². The molecule has 0 N–H and O–H groups in total. The maximum absolute atomic E-state index is 13.6. The lowest BCUT2D eigenvalue weighted by molar-refractivity contribution is 0.0673. The highest BCUT2D eigenvalue weighted by molar-refractivity contribution is 6.00. The minimum absolute atomic E-state index is 0.167. The lowest BCUT2D eigenvalue weighted by atomic mass is 10.0. The zero-order chi connectivity index (χ0) is 21.7. The van der Waals surface area contributed by atoms with Crippen LogP contribution in [0.2, 0.25) is 0 Å². The Bertz CT molecular complexity index is 1240. The number of fused-ring (bicyclic) bond motifs is 1. The summed E-state index contributed by atoms with van der Waals surface area (Å²) in [6.07, 6.45) is 2.79. The topological polar surface area (TPSA) is 59.7 Å². The summed E-state index contributed by atoms with van der Waals surface area (Å²) in [5.41, 5.74) is 3.85. The van der Waals surface area contributed by atoms with Gasteiger partial charge in [0.25, 0.3) is 5.91 Å². The minimum Gasteiger partial charge on any atom is -0.467 e. The van der Waals surface area contributed by atoms with Gasteiger partial charge in [0.1, 0.15) is 22.9 Å². The largest absolute Gasteiger partial charge is 0.467 e. The number of benzene rings is 1. The van der Waals surface area contributed by atoms with Gasteiger partial charge in [0.05, 0.1) is 19.4 Å². The van der Waals surface area contributed by atoms with Crippen molar-refractivity contribution in [3.05, 3.63) is 82.4 Å². The van der Waals surface area contributed by atoms with E-state index in [0.717, 1.165) is 44.9 Å². The molecule has 4 aromatic rings. The van der Waals surface area contributed by atoms with E-state index in [1.54, 1.807) is 11.2 Å². The van der Waals surface area contributed by atoms with Gasteiger partial charge in [0, 0.05) is 16.9 Å². The molecule has 5 nitrogen and oxygen atoms in total. The molecule has 3 heterocycles. The molecule has 1 amide bonds. The van der Waals surface area contributed by atoms with E-state index < -0.39 is 0 Å². The van der Waals surface area contributed by atoms with Crippen molar-refractivity contribution in [3.8, 4) is 0 Å². The summed E-state index contributed by atoms with van der Waals surface area (Å²) in [5.74, 6) is 3.89. The normalized spacial score (nSPS) is 17.9. The Kier molecular flexibility index (Phi) is 4.77. The van der Waals surface area contributed by atoms with Gasteiger partial charge in [-0.05, 0) is 74.6 Å². The molecule has 1 saturated carbocycles. The zero-order valence-electron chi connectivity index (χ0n) is 18.4. The van der Waals surface area contributed by atoms with Crippen LogP contribution in [0.15, 0.2) is 55.9 Å². The summed E-state index contributed by atoms with van der Waals surface area (Å²) in [4.78, 5) is 15.3. The lowest BCUT2D eigenvalue weighted by Crippen LogP contribution is -2.30. The van der Waals surface area contributed by atoms with Crippen LogP contribution in [0.3, 0.4) is 0 Å². The summed E-state index contributed by atoms with van der Waals surface area (Å²) in [5, 5.41) is 1.01. The summed E-state index contributed by atoms with van der Waals surface area (Å²) >= 11 is 0. The van der Waals surface area contributed by atoms with Gasteiger partial charge in [-0.25, -0.2) is 0 Å². The van der Waals surface area contributed by atoms with Gasteiger partial charge < -0.3 is 18.2 Å². The number of furan rings is 3. The highest BCUT2D eigenvalue weighted by Crippen LogP contribution is 2.47. The zero-order valence-corrected chi connectivity index (χ0v) is 18.4. The predicted molar refractivity (Wildman–Crippen MR) is 118 cm³/mol. The molecule has 2 unspecified atom stereocenters. The Labute approximate surface area is 181 Å². The van der Waals surface area contributed by atoms with Crippen LogP contribution >= 0.6 is 0 Å². The van der Waals surface area contributed by atoms with Crippen LogP contribution in [0.25, 0.3) is 11.0 Å². The summed E-state index contributed by atoms with van der Waals surface area (Å²) in [6.45, 7) is 8.96. The number of hydrogen-bond donors (Lipinski definition) is 0. The fourth-order valence-corrected chi connectivity index (χ4v) is 4.51. The molecular formula is C26H27NO4. The van der Waals surface area contributed by atoms with Crippen LogP contribution in [-0.4, -0.2) is 10.8 Å². The lowest BCUT2D eigenvalue weighted by Gasteiger charge is -2.20. The molecule has 0 radical (unpaired) electrons. The molecular weight excluding hydrogens is 390 g/mol. The maximum Gasteiger partial charge on any atom is 0.290 e. The highest BCUT2D eigenvalue weighted by atomic mass is 16.4. The average Bonchev–Trinajstić information content (AvgIpc) is 3.14. The third kappa shape index (κ3) is 3.69. The van der Waals surface area contributed by atoms with Crippen molar-refractivity contribution in [2.24, 2.45) is 5.92 Å². The Morgan fingerprint density at radius 2 is 1.84 bits per heavy atom. The van der Waals surface area contributed by atoms with Gasteiger partial charge in [-0.2, -0.15) is 0 Å². The van der Waals surface area contributed by atoms with Crippen molar-refractivity contribution in [3.63, 3.8) is 0 Å². The Balaban J connectivity index is 1.48. The first-order chi connectivity index (χ1) is 14.9. The molecule has 0 bridgehead atoms. The molecule has 0 spiro atoms. The van der Waals surface area contributed by atoms with E-state index >= 15 is 0 Å². The summed E-state index contributed by atoms with van der Waals surface area (Å²) in [7, 11) is 0. The van der Waals surface area contributed by atoms with Crippen LogP contribution in [0, 0.1) is 26.7 Å². The third-order valence-corrected chi connectivity index (χ3v) is 6.28. The van der Waals surface area contributed by atoms with Crippen molar-refractivity contribution < 1.29 is 18.0 Å². The molecule has 1 aromatic carbocycles. The molecule has 2 atom stereocenters. The van der Waals surface area contributed by atoms with E-state index in [0.29, 0.717) is 30.7 Å². The molecule has 1 fully saturated rings. The quantitative estimate of drug-likeness (QED) is 0.359. The number of carbonyl (C=O) groups is 1. The van der Waals surface area contributed by atoms with E-state index in [1.165, 1.54) is 6.42 Å². The molecule has 1 aliphatic carbocycles. The molecule has 3 aromatic heterocycles. The van der Waals surface area contributed by atoms with Gasteiger partial charge >= 0.3 is 0 Å². The molecule has 0 saturated heterocycles. The molecule has 31 heavy (non-hydrogen) atoms. The fourth-order valence-electron chi connectivity index (χ4n) is 4.51. The first-order valence-corrected chi connectivity index (χ1v) is 10.8. The first-order valence-electron chi connectivity index (χ1n) is 10.8. The number of nitrogens with zero attached hydrogens (tertiary/aromatic N) is 1. The van der Waals surface area contributed by atoms with Crippen LogP contribution in [0.4, 0.5) is 0 Å². The van der Waals surface area contributed by atoms with Crippen LogP contribution in [0.1, 0.15) is 63.8 Å². The monoisotopic (exact) mass is 417 g/mol. The molecule has 0 aliphatic heterocycles. The Hall–Kier alpha value is -3.21. The Morgan fingerprint density at radius 3 is 2.55 bits per heavy atom. The van der Waals surface area contributed by atoms with Gasteiger partial charge in [-0.15, -0.1) is 0 Å². The first kappa shape index (κ1) is 19.7. The van der Waals surface area contributed by atoms with Crippen molar-refractivity contribution >= 4 is 16.9 Å². The number of amides is 1. The van der Waals surface area contributed by atoms with Crippen molar-refractivity contribution in [1.29, 1.82) is 0 Å². The minimum atomic E-state index is -0.167. The van der Waals surface area contributed by atoms with E-state index in [-0.39, 0.29) is 5.91 Å². The Morgan fingerprint density at radius 1 is 1.06 bits per heavy atom. The van der Waals surface area contributed by atoms with Gasteiger partial charge in [0.15, 0.2) is 5.76 Å². The predicted octanol–water partition coefficient (Wildman–Crippen LogP) is 6.51. The second-order valence-corrected chi connectivity index (χ2v) is 8.88. The van der Waals surface area contributed by atoms with Crippen molar-refractivity contribution in [2.45, 2.75) is 53.1 Å². The van der Waals surface area contributed by atoms with Crippen LogP contribution in [-0.2, 0) is 13.1 Å².